The molecule has 2 N–H and O–H groups in total. The first-order chi connectivity index (χ1) is 18.5. The molecular formula is C30H30N6O2. The molecule has 8 heteroatoms. The SMILES string of the molecule is CC#CC(=O)N1C(c2nc(-c3ccc(Oc4ccccc4)cc3)c3c(N)nccn23)[C@@H]2C[C@H]1CN2C(C)C. The quantitative estimate of drug-likeness (QED) is 0.400. The number of hydrogen-bond donors (Lipinski definition) is 1. The summed E-state index contributed by atoms with van der Waals surface area (Å²) >= 11 is 0. The van der Waals surface area contributed by atoms with E-state index in [1.54, 1.807) is 13.1 Å². The fourth-order valence-corrected chi connectivity index (χ4v) is 5.95. The number of carbonyl (C=O) groups excluding carboxylic acids is 1. The number of amides is 1. The maximum atomic E-state index is 13.2. The molecule has 2 saturated heterocycles. The van der Waals surface area contributed by atoms with Crippen LogP contribution in [0, 0.1) is 11.8 Å². The number of ether oxygens (including phenoxy) is 1. The van der Waals surface area contributed by atoms with Gasteiger partial charge in [0, 0.05) is 42.6 Å². The number of carbonyl (C=O) groups is 1. The third-order valence-electron chi connectivity index (χ3n) is 7.53. The lowest BCUT2D eigenvalue weighted by atomic mass is 10.1. The van der Waals surface area contributed by atoms with E-state index in [0.29, 0.717) is 11.9 Å². The van der Waals surface area contributed by atoms with E-state index < -0.39 is 0 Å². The van der Waals surface area contributed by atoms with Crippen LogP contribution in [0.25, 0.3) is 16.8 Å². The lowest BCUT2D eigenvalue weighted by molar-refractivity contribution is -0.131. The summed E-state index contributed by atoms with van der Waals surface area (Å²) in [5.41, 5.74) is 8.77. The molecule has 2 aromatic carbocycles. The van der Waals surface area contributed by atoms with E-state index in [-0.39, 0.29) is 24.0 Å². The Morgan fingerprint density at radius 1 is 1.11 bits per heavy atom. The summed E-state index contributed by atoms with van der Waals surface area (Å²) in [6.45, 7) is 6.94. The Bertz CT molecular complexity index is 1550. The third-order valence-corrected chi connectivity index (χ3v) is 7.53. The first kappa shape index (κ1) is 24.0. The lowest BCUT2D eigenvalue weighted by Gasteiger charge is -2.41. The van der Waals surface area contributed by atoms with Crippen LogP contribution in [0.15, 0.2) is 67.0 Å². The van der Waals surface area contributed by atoms with Gasteiger partial charge >= 0.3 is 0 Å². The van der Waals surface area contributed by atoms with E-state index in [0.717, 1.165) is 47.1 Å². The van der Waals surface area contributed by atoms with Gasteiger partial charge in [0.05, 0.1) is 0 Å². The van der Waals surface area contributed by atoms with E-state index in [2.05, 4.69) is 35.6 Å². The molecule has 1 amide bonds. The molecule has 0 spiro atoms. The highest BCUT2D eigenvalue weighted by molar-refractivity contribution is 5.94. The minimum Gasteiger partial charge on any atom is -0.457 e. The molecule has 2 aromatic heterocycles. The number of anilines is 1. The van der Waals surface area contributed by atoms with Crippen molar-refractivity contribution < 1.29 is 9.53 Å². The second kappa shape index (κ2) is 9.51. The molecule has 2 aliphatic heterocycles. The largest absolute Gasteiger partial charge is 0.457 e. The van der Waals surface area contributed by atoms with E-state index in [9.17, 15) is 4.79 Å². The smallest absolute Gasteiger partial charge is 0.299 e. The Kier molecular flexibility index (Phi) is 6.01. The summed E-state index contributed by atoms with van der Waals surface area (Å²) in [7, 11) is 0. The molecule has 0 aliphatic carbocycles. The van der Waals surface area contributed by atoms with Crippen molar-refractivity contribution in [3.05, 3.63) is 72.8 Å². The average Bonchev–Trinajstić information content (AvgIpc) is 3.62. The van der Waals surface area contributed by atoms with Crippen molar-refractivity contribution in [3.63, 3.8) is 0 Å². The zero-order chi connectivity index (χ0) is 26.4. The highest BCUT2D eigenvalue weighted by atomic mass is 16.5. The number of nitrogen functional groups attached to an aromatic ring is 1. The number of para-hydroxylation sites is 1. The molecular weight excluding hydrogens is 476 g/mol. The molecule has 3 atom stereocenters. The molecule has 2 bridgehead atoms. The maximum absolute atomic E-state index is 13.2. The van der Waals surface area contributed by atoms with Crippen molar-refractivity contribution in [2.75, 3.05) is 12.3 Å². The van der Waals surface area contributed by atoms with Gasteiger partial charge in [-0.3, -0.25) is 14.1 Å². The van der Waals surface area contributed by atoms with E-state index in [4.69, 9.17) is 15.5 Å². The zero-order valence-electron chi connectivity index (χ0n) is 21.7. The number of nitrogens with zero attached hydrogens (tertiary/aromatic N) is 5. The molecule has 38 heavy (non-hydrogen) atoms. The summed E-state index contributed by atoms with van der Waals surface area (Å²) in [4.78, 5) is 27.1. The van der Waals surface area contributed by atoms with Crippen molar-refractivity contribution in [1.82, 2.24) is 24.2 Å². The molecule has 2 fully saturated rings. The van der Waals surface area contributed by atoms with Crippen molar-refractivity contribution in [2.24, 2.45) is 0 Å². The molecule has 4 aromatic rings. The molecule has 0 radical (unpaired) electrons. The summed E-state index contributed by atoms with van der Waals surface area (Å²) in [6, 6.07) is 17.8. The number of imidazole rings is 1. The van der Waals surface area contributed by atoms with Crippen LogP contribution < -0.4 is 10.5 Å². The number of piperazine rings is 1. The van der Waals surface area contributed by atoms with E-state index >= 15 is 0 Å². The Morgan fingerprint density at radius 3 is 2.55 bits per heavy atom. The lowest BCUT2D eigenvalue weighted by Crippen LogP contribution is -2.52. The average molecular weight is 507 g/mol. The highest BCUT2D eigenvalue weighted by Gasteiger charge is 2.54. The first-order valence-electron chi connectivity index (χ1n) is 12.9. The predicted octanol–water partition coefficient (Wildman–Crippen LogP) is 4.53. The molecule has 1 unspecified atom stereocenters. The molecule has 192 valence electrons. The van der Waals surface area contributed by atoms with Gasteiger partial charge in [-0.2, -0.15) is 0 Å². The Balaban J connectivity index is 1.44. The van der Waals surface area contributed by atoms with Crippen LogP contribution >= 0.6 is 0 Å². The topological polar surface area (TPSA) is 89.0 Å². The predicted molar refractivity (Wildman–Crippen MR) is 146 cm³/mol. The third kappa shape index (κ3) is 3.96. The van der Waals surface area contributed by atoms with Gasteiger partial charge in [0.2, 0.25) is 0 Å². The standard InChI is InChI=1S/C30H30N6O2/c1-4-8-25(37)36-21-17-24(35(18-21)19(2)3)27(36)30-33-26(28-29(31)32-15-16-34(28)30)20-11-13-23(14-12-20)38-22-9-6-5-7-10-22/h5-7,9-16,19,21,24,27H,17-18H2,1-3H3,(H2,31,32)/t21-,24-,27?/m0/s1. The fraction of sp³-hybridized carbons (Fsp3) is 0.300. The molecule has 4 heterocycles. The fourth-order valence-electron chi connectivity index (χ4n) is 5.95. The minimum absolute atomic E-state index is 0.102. The Labute approximate surface area is 222 Å². The highest BCUT2D eigenvalue weighted by Crippen LogP contribution is 2.46. The number of likely N-dealkylation sites (tertiary alicyclic amines) is 2. The van der Waals surface area contributed by atoms with Crippen molar-refractivity contribution in [3.8, 4) is 34.6 Å². The second-order valence-electron chi connectivity index (χ2n) is 10.1. The van der Waals surface area contributed by atoms with Crippen molar-refractivity contribution in [2.45, 2.75) is 51.4 Å². The van der Waals surface area contributed by atoms with Crippen LogP contribution in [-0.2, 0) is 4.79 Å². The Morgan fingerprint density at radius 2 is 1.84 bits per heavy atom. The van der Waals surface area contributed by atoms with E-state index in [1.807, 2.05) is 70.1 Å². The summed E-state index contributed by atoms with van der Waals surface area (Å²) < 4.78 is 7.97. The van der Waals surface area contributed by atoms with Crippen LogP contribution in [0.4, 0.5) is 5.82 Å². The van der Waals surface area contributed by atoms with Crippen molar-refractivity contribution in [1.29, 1.82) is 0 Å². The normalized spacial score (nSPS) is 20.6. The number of rotatable bonds is 5. The maximum Gasteiger partial charge on any atom is 0.299 e. The number of hydrogen-bond acceptors (Lipinski definition) is 6. The van der Waals surface area contributed by atoms with Gasteiger partial charge in [-0.25, -0.2) is 9.97 Å². The van der Waals surface area contributed by atoms with Crippen LogP contribution in [-0.4, -0.2) is 54.7 Å². The number of benzene rings is 2. The molecule has 2 aliphatic rings. The Hall–Kier alpha value is -4.35. The number of aromatic nitrogens is 3. The summed E-state index contributed by atoms with van der Waals surface area (Å²) in [5, 5.41) is 0. The summed E-state index contributed by atoms with van der Waals surface area (Å²) in [6.07, 6.45) is 4.46. The van der Waals surface area contributed by atoms with Gasteiger partial charge in [0.25, 0.3) is 5.91 Å². The number of fused-ring (bicyclic) bond motifs is 3. The van der Waals surface area contributed by atoms with Crippen molar-refractivity contribution >= 4 is 17.2 Å². The van der Waals surface area contributed by atoms with Gasteiger partial charge in [-0.1, -0.05) is 24.1 Å². The van der Waals surface area contributed by atoms with Crippen LogP contribution in [0.3, 0.4) is 0 Å². The van der Waals surface area contributed by atoms with Gasteiger partial charge in [-0.05, 0) is 69.5 Å². The van der Waals surface area contributed by atoms with Gasteiger partial charge in [0.15, 0.2) is 0 Å². The zero-order valence-corrected chi connectivity index (χ0v) is 21.7. The van der Waals surface area contributed by atoms with Gasteiger partial charge < -0.3 is 15.4 Å². The second-order valence-corrected chi connectivity index (χ2v) is 10.1. The monoisotopic (exact) mass is 506 g/mol. The van der Waals surface area contributed by atoms with Crippen LogP contribution in [0.1, 0.15) is 39.1 Å². The molecule has 8 nitrogen and oxygen atoms in total. The van der Waals surface area contributed by atoms with Crippen LogP contribution in [0.2, 0.25) is 0 Å². The van der Waals surface area contributed by atoms with Gasteiger partial charge in [0.1, 0.15) is 40.4 Å². The summed E-state index contributed by atoms with van der Waals surface area (Å²) in [5.74, 6) is 8.07. The first-order valence-corrected chi connectivity index (χ1v) is 12.9. The number of nitrogens with two attached hydrogens (primary N) is 1. The minimum atomic E-state index is -0.242. The van der Waals surface area contributed by atoms with Crippen LogP contribution in [0.5, 0.6) is 11.5 Å². The molecule has 6 rings (SSSR count). The van der Waals surface area contributed by atoms with Gasteiger partial charge in [-0.15, -0.1) is 0 Å². The molecule has 0 saturated carbocycles. The van der Waals surface area contributed by atoms with E-state index in [1.165, 1.54) is 0 Å².